The summed E-state index contributed by atoms with van der Waals surface area (Å²) in [7, 11) is 1.65. The van der Waals surface area contributed by atoms with Crippen molar-refractivity contribution in [3.8, 4) is 5.75 Å². The number of rotatable bonds is 3. The van der Waals surface area contributed by atoms with E-state index in [1.165, 1.54) is 0 Å². The van der Waals surface area contributed by atoms with Gasteiger partial charge in [-0.25, -0.2) is 0 Å². The van der Waals surface area contributed by atoms with Crippen molar-refractivity contribution in [2.24, 2.45) is 0 Å². The average Bonchev–Trinajstić information content (AvgIpc) is 2.38. The van der Waals surface area contributed by atoms with Gasteiger partial charge in [-0.3, -0.25) is 4.79 Å². The van der Waals surface area contributed by atoms with Gasteiger partial charge in [-0.2, -0.15) is 0 Å². The summed E-state index contributed by atoms with van der Waals surface area (Å²) in [6.07, 6.45) is 1.76. The summed E-state index contributed by atoms with van der Waals surface area (Å²) in [6, 6.07) is 8.10. The normalized spacial score (nSPS) is 23.4. The second-order valence-corrected chi connectivity index (χ2v) is 4.55. The van der Waals surface area contributed by atoms with E-state index in [1.807, 2.05) is 24.3 Å². The van der Waals surface area contributed by atoms with Crippen LogP contribution in [0.1, 0.15) is 31.4 Å². The molecule has 2 rings (SSSR count). The van der Waals surface area contributed by atoms with Gasteiger partial charge < -0.3 is 14.8 Å². The first-order valence-electron chi connectivity index (χ1n) is 6.21. The Kier molecular flexibility index (Phi) is 4.20. The van der Waals surface area contributed by atoms with Gasteiger partial charge in [-0.1, -0.05) is 12.1 Å². The Morgan fingerprint density at radius 2 is 2.11 bits per heavy atom. The van der Waals surface area contributed by atoms with E-state index in [1.54, 1.807) is 14.0 Å². The standard InChI is InChI=1S/C14H19NO3/c1-10(16)15-12-7-8-18-14(9-12)11-3-5-13(17-2)6-4-11/h3-6,12,14H,7-9H2,1-2H3,(H,15,16)/t12-,14-/m0/s1. The molecule has 1 heterocycles. The number of amides is 1. The molecule has 1 aromatic rings. The molecule has 1 aliphatic heterocycles. The first-order chi connectivity index (χ1) is 8.69. The summed E-state index contributed by atoms with van der Waals surface area (Å²) >= 11 is 0. The van der Waals surface area contributed by atoms with Gasteiger partial charge in [0.1, 0.15) is 5.75 Å². The summed E-state index contributed by atoms with van der Waals surface area (Å²) in [4.78, 5) is 11.1. The Bertz CT molecular complexity index is 402. The van der Waals surface area contributed by atoms with Crippen molar-refractivity contribution in [3.05, 3.63) is 29.8 Å². The van der Waals surface area contributed by atoms with Crippen LogP contribution in [0.15, 0.2) is 24.3 Å². The van der Waals surface area contributed by atoms with Gasteiger partial charge in [0, 0.05) is 19.6 Å². The number of hydrogen-bond donors (Lipinski definition) is 1. The topological polar surface area (TPSA) is 47.6 Å². The molecule has 1 amide bonds. The Morgan fingerprint density at radius 1 is 1.39 bits per heavy atom. The van der Waals surface area contributed by atoms with Crippen molar-refractivity contribution >= 4 is 5.91 Å². The number of nitrogens with one attached hydrogen (secondary N) is 1. The predicted octanol–water partition coefficient (Wildman–Crippen LogP) is 2.05. The van der Waals surface area contributed by atoms with Gasteiger partial charge in [-0.05, 0) is 30.5 Å². The molecule has 1 aromatic carbocycles. The molecule has 18 heavy (non-hydrogen) atoms. The minimum absolute atomic E-state index is 0.0235. The molecule has 98 valence electrons. The number of carbonyl (C=O) groups is 1. The highest BCUT2D eigenvalue weighted by Gasteiger charge is 2.24. The Labute approximate surface area is 107 Å². The molecule has 2 atom stereocenters. The van der Waals surface area contributed by atoms with Gasteiger partial charge >= 0.3 is 0 Å². The first kappa shape index (κ1) is 12.9. The van der Waals surface area contributed by atoms with Crippen LogP contribution in [0.5, 0.6) is 5.75 Å². The van der Waals surface area contributed by atoms with Crippen LogP contribution in [0.25, 0.3) is 0 Å². The van der Waals surface area contributed by atoms with Crippen LogP contribution in [-0.4, -0.2) is 25.7 Å². The number of ether oxygens (including phenoxy) is 2. The Morgan fingerprint density at radius 3 is 2.72 bits per heavy atom. The minimum Gasteiger partial charge on any atom is -0.497 e. The summed E-state index contributed by atoms with van der Waals surface area (Å²) in [6.45, 7) is 2.24. The molecule has 4 nitrogen and oxygen atoms in total. The van der Waals surface area contributed by atoms with E-state index in [0.717, 1.165) is 24.2 Å². The Hall–Kier alpha value is -1.55. The highest BCUT2D eigenvalue weighted by Crippen LogP contribution is 2.29. The summed E-state index contributed by atoms with van der Waals surface area (Å²) in [5, 5.41) is 2.96. The van der Waals surface area contributed by atoms with E-state index < -0.39 is 0 Å². The van der Waals surface area contributed by atoms with Gasteiger partial charge in [-0.15, -0.1) is 0 Å². The van der Waals surface area contributed by atoms with Crippen molar-refractivity contribution in [3.63, 3.8) is 0 Å². The summed E-state index contributed by atoms with van der Waals surface area (Å²) < 4.78 is 10.9. The van der Waals surface area contributed by atoms with E-state index in [0.29, 0.717) is 6.61 Å². The van der Waals surface area contributed by atoms with Gasteiger partial charge in [0.15, 0.2) is 0 Å². The van der Waals surface area contributed by atoms with Crippen LogP contribution in [0.3, 0.4) is 0 Å². The van der Waals surface area contributed by atoms with Crippen molar-refractivity contribution in [2.45, 2.75) is 31.9 Å². The van der Waals surface area contributed by atoms with E-state index in [2.05, 4.69) is 5.32 Å². The average molecular weight is 249 g/mol. The van der Waals surface area contributed by atoms with Crippen LogP contribution in [0, 0.1) is 0 Å². The summed E-state index contributed by atoms with van der Waals surface area (Å²) in [5.41, 5.74) is 1.13. The molecule has 0 saturated carbocycles. The zero-order valence-corrected chi connectivity index (χ0v) is 10.8. The van der Waals surface area contributed by atoms with Crippen LogP contribution in [-0.2, 0) is 9.53 Å². The van der Waals surface area contributed by atoms with Crippen LogP contribution < -0.4 is 10.1 Å². The summed E-state index contributed by atoms with van der Waals surface area (Å²) in [5.74, 6) is 0.864. The lowest BCUT2D eigenvalue weighted by Crippen LogP contribution is -2.38. The lowest BCUT2D eigenvalue weighted by Gasteiger charge is -2.30. The highest BCUT2D eigenvalue weighted by atomic mass is 16.5. The molecule has 1 N–H and O–H groups in total. The lowest BCUT2D eigenvalue weighted by molar-refractivity contribution is -0.120. The quantitative estimate of drug-likeness (QED) is 0.892. The third-order valence-corrected chi connectivity index (χ3v) is 3.18. The second-order valence-electron chi connectivity index (χ2n) is 4.55. The number of methoxy groups -OCH3 is 1. The monoisotopic (exact) mass is 249 g/mol. The predicted molar refractivity (Wildman–Crippen MR) is 68.5 cm³/mol. The molecule has 1 fully saturated rings. The van der Waals surface area contributed by atoms with Crippen LogP contribution in [0.4, 0.5) is 0 Å². The van der Waals surface area contributed by atoms with Crippen molar-refractivity contribution in [2.75, 3.05) is 13.7 Å². The SMILES string of the molecule is COc1ccc([C@@H]2C[C@@H](NC(C)=O)CCO2)cc1. The number of carbonyl (C=O) groups excluding carboxylic acids is 1. The van der Waals surface area contributed by atoms with E-state index >= 15 is 0 Å². The third kappa shape index (κ3) is 3.23. The van der Waals surface area contributed by atoms with Crippen molar-refractivity contribution in [1.82, 2.24) is 5.32 Å². The molecular weight excluding hydrogens is 230 g/mol. The maximum atomic E-state index is 11.1. The molecule has 1 aliphatic rings. The van der Waals surface area contributed by atoms with Crippen LogP contribution in [0.2, 0.25) is 0 Å². The fraction of sp³-hybridized carbons (Fsp3) is 0.500. The Balaban J connectivity index is 2.01. The molecule has 0 aliphatic carbocycles. The van der Waals surface area contributed by atoms with E-state index in [9.17, 15) is 4.79 Å². The van der Waals surface area contributed by atoms with Crippen LogP contribution >= 0.6 is 0 Å². The van der Waals surface area contributed by atoms with Gasteiger partial charge in [0.25, 0.3) is 0 Å². The minimum atomic E-state index is 0.0235. The zero-order valence-electron chi connectivity index (χ0n) is 10.8. The van der Waals surface area contributed by atoms with Crippen molar-refractivity contribution in [1.29, 1.82) is 0 Å². The molecule has 0 bridgehead atoms. The molecular formula is C14H19NO3. The first-order valence-corrected chi connectivity index (χ1v) is 6.21. The molecule has 0 unspecified atom stereocenters. The van der Waals surface area contributed by atoms with Crippen molar-refractivity contribution < 1.29 is 14.3 Å². The smallest absolute Gasteiger partial charge is 0.217 e. The number of hydrogen-bond acceptors (Lipinski definition) is 3. The maximum Gasteiger partial charge on any atom is 0.217 e. The molecule has 4 heteroatoms. The lowest BCUT2D eigenvalue weighted by atomic mass is 9.97. The zero-order chi connectivity index (χ0) is 13.0. The van der Waals surface area contributed by atoms with E-state index in [4.69, 9.17) is 9.47 Å². The third-order valence-electron chi connectivity index (χ3n) is 3.18. The fourth-order valence-electron chi connectivity index (χ4n) is 2.27. The molecule has 0 spiro atoms. The van der Waals surface area contributed by atoms with E-state index in [-0.39, 0.29) is 18.1 Å². The maximum absolute atomic E-state index is 11.1. The molecule has 0 radical (unpaired) electrons. The van der Waals surface area contributed by atoms with Gasteiger partial charge in [0.05, 0.1) is 13.2 Å². The second kappa shape index (κ2) is 5.87. The highest BCUT2D eigenvalue weighted by molar-refractivity contribution is 5.73. The number of benzene rings is 1. The van der Waals surface area contributed by atoms with Gasteiger partial charge in [0.2, 0.25) is 5.91 Å². The largest absolute Gasteiger partial charge is 0.497 e. The molecule has 0 aromatic heterocycles. The molecule has 1 saturated heterocycles. The fourth-order valence-corrected chi connectivity index (χ4v) is 2.27.